The van der Waals surface area contributed by atoms with Crippen LogP contribution in [0.1, 0.15) is 35.1 Å². The maximum Gasteiger partial charge on any atom is 0.0555 e. The van der Waals surface area contributed by atoms with Crippen molar-refractivity contribution in [2.45, 2.75) is 25.3 Å². The molecule has 0 bridgehead atoms. The van der Waals surface area contributed by atoms with Crippen molar-refractivity contribution in [1.29, 1.82) is 0 Å². The number of anilines is 1. The third-order valence-electron chi connectivity index (χ3n) is 4.70. The second-order valence-corrected chi connectivity index (χ2v) is 6.38. The zero-order chi connectivity index (χ0) is 14.4. The van der Waals surface area contributed by atoms with Crippen LogP contribution in [0.25, 0.3) is 0 Å². The Morgan fingerprint density at radius 2 is 2.05 bits per heavy atom. The molecule has 21 heavy (non-hydrogen) atoms. The summed E-state index contributed by atoms with van der Waals surface area (Å²) in [5, 5.41) is 4.58. The van der Waals surface area contributed by atoms with Crippen LogP contribution in [0.4, 0.5) is 5.69 Å². The molecule has 106 valence electrons. The third-order valence-corrected chi connectivity index (χ3v) is 4.91. The van der Waals surface area contributed by atoms with Gasteiger partial charge in [0.1, 0.15) is 0 Å². The van der Waals surface area contributed by atoms with E-state index in [1.165, 1.54) is 22.4 Å². The Morgan fingerprint density at radius 3 is 2.86 bits per heavy atom. The van der Waals surface area contributed by atoms with E-state index >= 15 is 0 Å². The molecule has 2 aromatic rings. The van der Waals surface area contributed by atoms with Gasteiger partial charge < -0.3 is 5.32 Å². The van der Waals surface area contributed by atoms with E-state index in [4.69, 9.17) is 11.6 Å². The monoisotopic (exact) mass is 296 g/mol. The highest BCUT2D eigenvalue weighted by atomic mass is 35.5. The van der Waals surface area contributed by atoms with Gasteiger partial charge in [-0.2, -0.15) is 0 Å². The number of fused-ring (bicyclic) bond motifs is 3. The number of halogens is 1. The standard InChI is InChI=1S/C18H17ClN2/c1-11-9-13(19)10-16-14-3-2-4-15(14)18(21-17(11)16)12-5-7-20-8-6-12/h2-3,5-10,14-15,18,21H,4H2,1H3/t14-,15-,18-/m0/s1. The first-order chi connectivity index (χ1) is 10.2. The fourth-order valence-corrected chi connectivity index (χ4v) is 4.02. The maximum atomic E-state index is 6.27. The Balaban J connectivity index is 1.84. The number of aromatic nitrogens is 1. The van der Waals surface area contributed by atoms with Crippen molar-refractivity contribution in [3.05, 3.63) is 70.5 Å². The summed E-state index contributed by atoms with van der Waals surface area (Å²) in [5.41, 5.74) is 5.11. The molecule has 0 fully saturated rings. The van der Waals surface area contributed by atoms with E-state index in [9.17, 15) is 0 Å². The van der Waals surface area contributed by atoms with Gasteiger partial charge in [0.05, 0.1) is 6.04 Å². The topological polar surface area (TPSA) is 24.9 Å². The molecule has 1 N–H and O–H groups in total. The van der Waals surface area contributed by atoms with Crippen molar-refractivity contribution in [3.63, 3.8) is 0 Å². The first kappa shape index (κ1) is 12.9. The van der Waals surface area contributed by atoms with Gasteiger partial charge >= 0.3 is 0 Å². The minimum atomic E-state index is 0.334. The second kappa shape index (κ2) is 4.88. The lowest BCUT2D eigenvalue weighted by molar-refractivity contribution is 0.425. The molecule has 0 amide bonds. The predicted molar refractivity (Wildman–Crippen MR) is 86.8 cm³/mol. The van der Waals surface area contributed by atoms with E-state index in [1.807, 2.05) is 18.5 Å². The zero-order valence-electron chi connectivity index (χ0n) is 11.9. The Morgan fingerprint density at radius 1 is 1.24 bits per heavy atom. The SMILES string of the molecule is Cc1cc(Cl)cc2c1N[C@@H](c1ccncc1)[C@H]1CC=C[C@H]21. The maximum absolute atomic E-state index is 6.27. The second-order valence-electron chi connectivity index (χ2n) is 5.94. The van der Waals surface area contributed by atoms with E-state index in [-0.39, 0.29) is 0 Å². The third kappa shape index (κ3) is 2.06. The van der Waals surface area contributed by atoms with E-state index in [1.54, 1.807) is 0 Å². The van der Waals surface area contributed by atoms with Gasteiger partial charge in [-0.15, -0.1) is 0 Å². The summed E-state index contributed by atoms with van der Waals surface area (Å²) in [5.74, 6) is 1.01. The van der Waals surface area contributed by atoms with Crippen molar-refractivity contribution in [2.75, 3.05) is 5.32 Å². The Hall–Kier alpha value is -1.80. The van der Waals surface area contributed by atoms with Gasteiger partial charge in [0, 0.05) is 29.0 Å². The number of pyridine rings is 1. The minimum Gasteiger partial charge on any atom is -0.377 e. The molecule has 0 radical (unpaired) electrons. The van der Waals surface area contributed by atoms with Crippen LogP contribution in [-0.4, -0.2) is 4.98 Å². The molecule has 0 saturated carbocycles. The summed E-state index contributed by atoms with van der Waals surface area (Å²) in [6.07, 6.45) is 9.50. The Kier molecular flexibility index (Phi) is 3.00. The van der Waals surface area contributed by atoms with Crippen LogP contribution in [0.15, 0.2) is 48.8 Å². The lowest BCUT2D eigenvalue weighted by Crippen LogP contribution is -2.29. The lowest BCUT2D eigenvalue weighted by Gasteiger charge is -2.38. The fourth-order valence-electron chi connectivity index (χ4n) is 3.74. The average Bonchev–Trinajstić information content (AvgIpc) is 2.97. The number of benzene rings is 1. The summed E-state index contributed by atoms with van der Waals surface area (Å²) < 4.78 is 0. The van der Waals surface area contributed by atoms with Gasteiger partial charge in [-0.1, -0.05) is 23.8 Å². The number of aryl methyl sites for hydroxylation is 1. The van der Waals surface area contributed by atoms with Crippen molar-refractivity contribution < 1.29 is 0 Å². The first-order valence-corrected chi connectivity index (χ1v) is 7.75. The fraction of sp³-hybridized carbons (Fsp3) is 0.278. The molecule has 1 aromatic carbocycles. The van der Waals surface area contributed by atoms with Crippen LogP contribution in [-0.2, 0) is 0 Å². The predicted octanol–water partition coefficient (Wildman–Crippen LogP) is 4.87. The molecule has 0 saturated heterocycles. The molecule has 2 aliphatic rings. The number of hydrogen-bond donors (Lipinski definition) is 1. The van der Waals surface area contributed by atoms with E-state index < -0.39 is 0 Å². The molecule has 2 heterocycles. The van der Waals surface area contributed by atoms with Crippen molar-refractivity contribution in [1.82, 2.24) is 4.98 Å². The van der Waals surface area contributed by atoms with Gasteiger partial charge in [-0.05, 0) is 60.2 Å². The molecule has 3 heteroatoms. The smallest absolute Gasteiger partial charge is 0.0555 e. The van der Waals surface area contributed by atoms with Crippen molar-refractivity contribution in [2.24, 2.45) is 5.92 Å². The molecule has 1 aliphatic heterocycles. The lowest BCUT2D eigenvalue weighted by atomic mass is 9.76. The van der Waals surface area contributed by atoms with Crippen molar-refractivity contribution >= 4 is 17.3 Å². The van der Waals surface area contributed by atoms with E-state index in [0.29, 0.717) is 17.9 Å². The Labute approximate surface area is 129 Å². The molecule has 3 atom stereocenters. The molecular formula is C18H17ClN2. The highest BCUT2D eigenvalue weighted by Crippen LogP contribution is 2.51. The van der Waals surface area contributed by atoms with Crippen molar-refractivity contribution in [3.8, 4) is 0 Å². The number of allylic oxidation sites excluding steroid dienone is 2. The highest BCUT2D eigenvalue weighted by Gasteiger charge is 2.38. The molecule has 0 spiro atoms. The molecule has 1 aromatic heterocycles. The summed E-state index contributed by atoms with van der Waals surface area (Å²) >= 11 is 6.27. The minimum absolute atomic E-state index is 0.334. The zero-order valence-corrected chi connectivity index (χ0v) is 12.6. The number of nitrogens with zero attached hydrogens (tertiary/aromatic N) is 1. The summed E-state index contributed by atoms with van der Waals surface area (Å²) in [4.78, 5) is 4.14. The van der Waals surface area contributed by atoms with Crippen LogP contribution in [0.2, 0.25) is 5.02 Å². The summed E-state index contributed by atoms with van der Waals surface area (Å²) in [6.45, 7) is 2.13. The molecule has 2 nitrogen and oxygen atoms in total. The molecule has 0 unspecified atom stereocenters. The van der Waals surface area contributed by atoms with Crippen LogP contribution in [0, 0.1) is 12.8 Å². The van der Waals surface area contributed by atoms with Crippen LogP contribution < -0.4 is 5.32 Å². The average molecular weight is 297 g/mol. The first-order valence-electron chi connectivity index (χ1n) is 7.37. The Bertz CT molecular complexity index is 709. The molecular weight excluding hydrogens is 280 g/mol. The summed E-state index contributed by atoms with van der Waals surface area (Å²) in [6, 6.07) is 8.72. The molecule has 4 rings (SSSR count). The quantitative estimate of drug-likeness (QED) is 0.759. The normalized spacial score (nSPS) is 26.1. The van der Waals surface area contributed by atoms with Crippen LogP contribution in [0.3, 0.4) is 0 Å². The van der Waals surface area contributed by atoms with E-state index in [0.717, 1.165) is 11.4 Å². The number of rotatable bonds is 1. The van der Waals surface area contributed by atoms with E-state index in [2.05, 4.69) is 47.6 Å². The molecule has 1 aliphatic carbocycles. The number of nitrogens with one attached hydrogen (secondary N) is 1. The van der Waals surface area contributed by atoms with Gasteiger partial charge in [-0.3, -0.25) is 4.98 Å². The van der Waals surface area contributed by atoms with Gasteiger partial charge in [0.25, 0.3) is 0 Å². The summed E-state index contributed by atoms with van der Waals surface area (Å²) in [7, 11) is 0. The number of hydrogen-bond acceptors (Lipinski definition) is 2. The van der Waals surface area contributed by atoms with Gasteiger partial charge in [0.15, 0.2) is 0 Å². The van der Waals surface area contributed by atoms with Gasteiger partial charge in [0.2, 0.25) is 0 Å². The largest absolute Gasteiger partial charge is 0.377 e. The highest BCUT2D eigenvalue weighted by molar-refractivity contribution is 6.30. The van der Waals surface area contributed by atoms with Crippen LogP contribution >= 0.6 is 11.6 Å². The van der Waals surface area contributed by atoms with Gasteiger partial charge in [-0.25, -0.2) is 0 Å². The van der Waals surface area contributed by atoms with Crippen LogP contribution in [0.5, 0.6) is 0 Å².